The number of nitrogens with zero attached hydrogens (tertiary/aromatic N) is 1. The predicted molar refractivity (Wildman–Crippen MR) is 118 cm³/mol. The molecule has 162 valence electrons. The third-order valence-corrected chi connectivity index (χ3v) is 5.61. The van der Waals surface area contributed by atoms with E-state index < -0.39 is 0 Å². The van der Waals surface area contributed by atoms with Crippen LogP contribution >= 0.6 is 0 Å². The molecule has 1 aliphatic heterocycles. The molecule has 0 radical (unpaired) electrons. The van der Waals surface area contributed by atoms with Gasteiger partial charge in [-0.1, -0.05) is 24.3 Å². The Morgan fingerprint density at radius 1 is 1.10 bits per heavy atom. The zero-order valence-electron chi connectivity index (χ0n) is 17.6. The topological polar surface area (TPSA) is 83.7 Å². The highest BCUT2D eigenvalue weighted by atomic mass is 16.5. The molecule has 7 heteroatoms. The summed E-state index contributed by atoms with van der Waals surface area (Å²) in [5.41, 5.74) is 2.62. The zero-order chi connectivity index (χ0) is 21.6. The van der Waals surface area contributed by atoms with Gasteiger partial charge in [-0.2, -0.15) is 0 Å². The minimum Gasteiger partial charge on any atom is -0.489 e. The fourth-order valence-corrected chi connectivity index (χ4v) is 3.95. The van der Waals surface area contributed by atoms with Gasteiger partial charge >= 0.3 is 0 Å². The fourth-order valence-electron chi connectivity index (χ4n) is 3.95. The van der Waals surface area contributed by atoms with E-state index >= 15 is 0 Å². The number of benzene rings is 2. The van der Waals surface area contributed by atoms with E-state index in [0.29, 0.717) is 30.9 Å². The van der Waals surface area contributed by atoms with Gasteiger partial charge in [0.05, 0.1) is 5.56 Å². The summed E-state index contributed by atoms with van der Waals surface area (Å²) < 4.78 is 11.1. The van der Waals surface area contributed by atoms with Gasteiger partial charge in [-0.05, 0) is 29.8 Å². The van der Waals surface area contributed by atoms with Crippen LogP contribution in [-0.2, 0) is 16.1 Å². The molecule has 2 amide bonds. The van der Waals surface area contributed by atoms with E-state index in [1.54, 1.807) is 11.0 Å². The van der Waals surface area contributed by atoms with Crippen LogP contribution in [0.4, 0.5) is 0 Å². The van der Waals surface area contributed by atoms with Gasteiger partial charge in [0.2, 0.25) is 5.91 Å². The highest BCUT2D eigenvalue weighted by Crippen LogP contribution is 2.24. The van der Waals surface area contributed by atoms with Crippen LogP contribution in [0.15, 0.2) is 54.7 Å². The molecule has 1 aromatic heterocycles. The maximum Gasteiger partial charge on any atom is 0.255 e. The number of methoxy groups -OCH3 is 1. The standard InChI is InChI=1S/C24H27N3O4/c1-30-16-23(28)27-13-10-18(11-14-27)31-22-8-3-2-6-20(22)24(29)26-15-17-5-4-7-21-19(17)9-12-25-21/h2-9,12,18,25H,10-11,13-16H2,1H3,(H,26,29). The number of hydrogen-bond acceptors (Lipinski definition) is 4. The highest BCUT2D eigenvalue weighted by Gasteiger charge is 2.25. The van der Waals surface area contributed by atoms with Gasteiger partial charge in [-0.3, -0.25) is 9.59 Å². The molecule has 1 saturated heterocycles. The second kappa shape index (κ2) is 9.66. The van der Waals surface area contributed by atoms with Gasteiger partial charge in [-0.15, -0.1) is 0 Å². The van der Waals surface area contributed by atoms with Gasteiger partial charge in [-0.25, -0.2) is 0 Å². The number of aromatic amines is 1. The van der Waals surface area contributed by atoms with Crippen molar-refractivity contribution in [2.24, 2.45) is 0 Å². The lowest BCUT2D eigenvalue weighted by Gasteiger charge is -2.32. The second-order valence-electron chi connectivity index (χ2n) is 7.67. The van der Waals surface area contributed by atoms with Crippen molar-refractivity contribution in [1.29, 1.82) is 0 Å². The maximum atomic E-state index is 12.9. The Labute approximate surface area is 181 Å². The van der Waals surface area contributed by atoms with Crippen molar-refractivity contribution in [3.05, 3.63) is 65.9 Å². The van der Waals surface area contributed by atoms with E-state index in [1.165, 1.54) is 7.11 Å². The average molecular weight is 421 g/mol. The number of fused-ring (bicyclic) bond motifs is 1. The molecule has 2 heterocycles. The van der Waals surface area contributed by atoms with Crippen LogP contribution in [0.5, 0.6) is 5.75 Å². The first-order valence-electron chi connectivity index (χ1n) is 10.5. The predicted octanol–water partition coefficient (Wildman–Crippen LogP) is 3.11. The number of para-hydroxylation sites is 1. The molecule has 31 heavy (non-hydrogen) atoms. The monoisotopic (exact) mass is 421 g/mol. The van der Waals surface area contributed by atoms with Crippen molar-refractivity contribution in [1.82, 2.24) is 15.2 Å². The number of aromatic nitrogens is 1. The summed E-state index contributed by atoms with van der Waals surface area (Å²) in [7, 11) is 1.52. The fraction of sp³-hybridized carbons (Fsp3) is 0.333. The summed E-state index contributed by atoms with van der Waals surface area (Å²) in [5, 5.41) is 4.11. The first-order valence-corrected chi connectivity index (χ1v) is 10.5. The molecule has 0 spiro atoms. The van der Waals surface area contributed by atoms with E-state index in [-0.39, 0.29) is 24.5 Å². The first kappa shape index (κ1) is 20.9. The molecule has 0 unspecified atom stereocenters. The van der Waals surface area contributed by atoms with Gasteiger partial charge < -0.3 is 24.7 Å². The highest BCUT2D eigenvalue weighted by molar-refractivity contribution is 5.97. The number of carbonyl (C=O) groups excluding carboxylic acids is 2. The number of carbonyl (C=O) groups is 2. The molecule has 0 saturated carbocycles. The molecule has 4 rings (SSSR count). The van der Waals surface area contributed by atoms with Gasteiger partial charge in [0, 0.05) is 56.7 Å². The molecule has 3 aromatic rings. The Kier molecular flexibility index (Phi) is 6.52. The number of likely N-dealkylation sites (tertiary alicyclic amines) is 1. The molecule has 2 aromatic carbocycles. The minimum absolute atomic E-state index is 0.00169. The van der Waals surface area contributed by atoms with Crippen molar-refractivity contribution >= 4 is 22.7 Å². The van der Waals surface area contributed by atoms with E-state index in [0.717, 1.165) is 29.3 Å². The molecule has 1 aliphatic rings. The summed E-state index contributed by atoms with van der Waals surface area (Å²) in [5.74, 6) is 0.399. The minimum atomic E-state index is -0.171. The van der Waals surface area contributed by atoms with Gasteiger partial charge in [0.15, 0.2) is 0 Å². The molecule has 1 fully saturated rings. The van der Waals surface area contributed by atoms with Crippen LogP contribution < -0.4 is 10.1 Å². The van der Waals surface area contributed by atoms with Crippen molar-refractivity contribution < 1.29 is 19.1 Å². The lowest BCUT2D eigenvalue weighted by molar-refractivity contribution is -0.136. The number of amides is 2. The number of hydrogen-bond donors (Lipinski definition) is 2. The molecule has 0 aliphatic carbocycles. The Bertz CT molecular complexity index is 1050. The van der Waals surface area contributed by atoms with Crippen LogP contribution in [0.3, 0.4) is 0 Å². The van der Waals surface area contributed by atoms with E-state index in [9.17, 15) is 9.59 Å². The molecule has 2 N–H and O–H groups in total. The number of ether oxygens (including phenoxy) is 2. The number of nitrogens with one attached hydrogen (secondary N) is 2. The zero-order valence-corrected chi connectivity index (χ0v) is 17.6. The second-order valence-corrected chi connectivity index (χ2v) is 7.67. The molecular formula is C24H27N3O4. The number of H-pyrrole nitrogens is 1. The molecule has 0 atom stereocenters. The van der Waals surface area contributed by atoms with Crippen molar-refractivity contribution in [3.8, 4) is 5.75 Å². The number of piperidine rings is 1. The van der Waals surface area contributed by atoms with Crippen LogP contribution in [0, 0.1) is 0 Å². The third kappa shape index (κ3) is 4.88. The first-order chi connectivity index (χ1) is 15.2. The van der Waals surface area contributed by atoms with Gasteiger partial charge in [0.25, 0.3) is 5.91 Å². The van der Waals surface area contributed by atoms with Crippen molar-refractivity contribution in [2.45, 2.75) is 25.5 Å². The van der Waals surface area contributed by atoms with Crippen LogP contribution in [0.25, 0.3) is 10.9 Å². The smallest absolute Gasteiger partial charge is 0.255 e. The van der Waals surface area contributed by atoms with Crippen LogP contribution in [0.1, 0.15) is 28.8 Å². The Morgan fingerprint density at radius 3 is 2.71 bits per heavy atom. The Morgan fingerprint density at radius 2 is 1.90 bits per heavy atom. The lowest BCUT2D eigenvalue weighted by Crippen LogP contribution is -2.43. The van der Waals surface area contributed by atoms with E-state index in [4.69, 9.17) is 9.47 Å². The summed E-state index contributed by atoms with van der Waals surface area (Å²) in [4.78, 5) is 29.8. The molecular weight excluding hydrogens is 394 g/mol. The maximum absolute atomic E-state index is 12.9. The van der Waals surface area contributed by atoms with Crippen LogP contribution in [0.2, 0.25) is 0 Å². The van der Waals surface area contributed by atoms with E-state index in [2.05, 4.69) is 10.3 Å². The Hall–Kier alpha value is -3.32. The average Bonchev–Trinajstić information content (AvgIpc) is 3.28. The van der Waals surface area contributed by atoms with Crippen molar-refractivity contribution in [3.63, 3.8) is 0 Å². The van der Waals surface area contributed by atoms with Gasteiger partial charge in [0.1, 0.15) is 18.5 Å². The quantitative estimate of drug-likeness (QED) is 0.614. The Balaban J connectivity index is 1.38. The summed E-state index contributed by atoms with van der Waals surface area (Å²) in [6.07, 6.45) is 3.31. The van der Waals surface area contributed by atoms with Crippen LogP contribution in [-0.4, -0.2) is 54.6 Å². The normalized spacial score (nSPS) is 14.5. The van der Waals surface area contributed by atoms with Crippen molar-refractivity contribution in [2.75, 3.05) is 26.8 Å². The number of rotatable bonds is 7. The summed E-state index contributed by atoms with van der Waals surface area (Å²) >= 11 is 0. The SMILES string of the molecule is COCC(=O)N1CCC(Oc2ccccc2C(=O)NCc2cccc3[nH]ccc23)CC1. The lowest BCUT2D eigenvalue weighted by atomic mass is 10.1. The summed E-state index contributed by atoms with van der Waals surface area (Å²) in [6, 6.07) is 15.3. The third-order valence-electron chi connectivity index (χ3n) is 5.61. The molecule has 0 bridgehead atoms. The molecule has 7 nitrogen and oxygen atoms in total. The largest absolute Gasteiger partial charge is 0.489 e. The van der Waals surface area contributed by atoms with E-state index in [1.807, 2.05) is 48.7 Å². The summed E-state index contributed by atoms with van der Waals surface area (Å²) in [6.45, 7) is 1.79.